The lowest BCUT2D eigenvalue weighted by Gasteiger charge is -1.99. The van der Waals surface area contributed by atoms with Crippen LogP contribution < -0.4 is 0 Å². The Balaban J connectivity index is 1.83. The lowest BCUT2D eigenvalue weighted by atomic mass is 10.1. The summed E-state index contributed by atoms with van der Waals surface area (Å²) in [6.45, 7) is 2.23. The van der Waals surface area contributed by atoms with Crippen LogP contribution in [0.3, 0.4) is 0 Å². The van der Waals surface area contributed by atoms with E-state index in [1.807, 2.05) is 0 Å². The van der Waals surface area contributed by atoms with Gasteiger partial charge in [-0.1, -0.05) is 57.6 Å². The molecule has 3 nitrogen and oxygen atoms in total. The number of epoxide rings is 1. The van der Waals surface area contributed by atoms with Crippen molar-refractivity contribution in [2.45, 2.75) is 96.2 Å². The highest BCUT2D eigenvalue weighted by Gasteiger charge is 2.36. The predicted octanol–water partition coefficient (Wildman–Crippen LogP) is 5.10. The molecule has 1 heterocycles. The molecule has 0 aromatic rings. The van der Waals surface area contributed by atoms with Gasteiger partial charge in [-0.05, 0) is 32.1 Å². The van der Waals surface area contributed by atoms with Gasteiger partial charge >= 0.3 is 5.97 Å². The normalized spacial score (nSPS) is 21.0. The summed E-state index contributed by atoms with van der Waals surface area (Å²) in [6, 6.07) is 0. The van der Waals surface area contributed by atoms with E-state index >= 15 is 0 Å². The zero-order valence-corrected chi connectivity index (χ0v) is 13.6. The molecular formula is C18H32O3. The lowest BCUT2D eigenvalue weighted by Crippen LogP contribution is -1.94. The van der Waals surface area contributed by atoms with Crippen LogP contribution in [0.25, 0.3) is 0 Å². The third-order valence-electron chi connectivity index (χ3n) is 4.08. The summed E-state index contributed by atoms with van der Waals surface area (Å²) in [4.78, 5) is 10.4. The molecule has 3 heteroatoms. The third kappa shape index (κ3) is 10.5. The van der Waals surface area contributed by atoms with Crippen LogP contribution in [0.1, 0.15) is 84.0 Å². The van der Waals surface area contributed by atoms with E-state index in [-0.39, 0.29) is 0 Å². The Morgan fingerprint density at radius 3 is 2.52 bits per heavy atom. The van der Waals surface area contributed by atoms with Crippen molar-refractivity contribution in [3.63, 3.8) is 0 Å². The van der Waals surface area contributed by atoms with Crippen molar-refractivity contribution in [1.29, 1.82) is 0 Å². The molecule has 0 unspecified atom stereocenters. The van der Waals surface area contributed by atoms with E-state index in [0.717, 1.165) is 25.7 Å². The molecule has 1 saturated heterocycles. The van der Waals surface area contributed by atoms with Crippen LogP contribution in [0.5, 0.6) is 0 Å². The molecule has 1 aliphatic rings. The van der Waals surface area contributed by atoms with Crippen LogP contribution in [0, 0.1) is 0 Å². The number of hydrogen-bond donors (Lipinski definition) is 1. The monoisotopic (exact) mass is 296 g/mol. The van der Waals surface area contributed by atoms with E-state index < -0.39 is 5.97 Å². The minimum Gasteiger partial charge on any atom is -0.481 e. The number of ether oxygens (including phenoxy) is 1. The number of unbranched alkanes of at least 4 members (excludes halogenated alkanes) is 7. The highest BCUT2D eigenvalue weighted by Crippen LogP contribution is 2.30. The van der Waals surface area contributed by atoms with Crippen molar-refractivity contribution in [2.75, 3.05) is 0 Å². The standard InChI is InChI=1S/C18H32O3/c1-2-3-4-5-7-10-13-16-17(21-16)14-11-8-6-9-12-15-18(19)20/h7,10,16-17H,2-6,8-9,11-15H2,1H3,(H,19,20)/b10-7+/t16-,17-/m0/s1. The second-order valence-corrected chi connectivity index (χ2v) is 6.12. The number of carboxylic acid groups (broad SMARTS) is 1. The molecule has 1 fully saturated rings. The number of allylic oxidation sites excluding steroid dienone is 1. The number of carboxylic acids is 1. The van der Waals surface area contributed by atoms with Crippen LogP contribution in [-0.2, 0) is 9.53 Å². The summed E-state index contributed by atoms with van der Waals surface area (Å²) in [5.41, 5.74) is 0. The van der Waals surface area contributed by atoms with Gasteiger partial charge in [-0.25, -0.2) is 0 Å². The Morgan fingerprint density at radius 2 is 1.76 bits per heavy atom. The topological polar surface area (TPSA) is 49.8 Å². The first kappa shape index (κ1) is 18.2. The van der Waals surface area contributed by atoms with Crippen molar-refractivity contribution >= 4 is 5.97 Å². The average molecular weight is 296 g/mol. The largest absolute Gasteiger partial charge is 0.481 e. The fourth-order valence-corrected chi connectivity index (χ4v) is 2.65. The van der Waals surface area contributed by atoms with Crippen molar-refractivity contribution in [3.8, 4) is 0 Å². The summed E-state index contributed by atoms with van der Waals surface area (Å²) in [6.07, 6.45) is 18.7. The number of aliphatic carboxylic acids is 1. The first-order chi connectivity index (χ1) is 10.2. The molecule has 2 atom stereocenters. The summed E-state index contributed by atoms with van der Waals surface area (Å²) in [7, 11) is 0. The zero-order valence-electron chi connectivity index (χ0n) is 13.6. The number of rotatable bonds is 14. The van der Waals surface area contributed by atoms with Crippen LogP contribution in [0.2, 0.25) is 0 Å². The smallest absolute Gasteiger partial charge is 0.303 e. The van der Waals surface area contributed by atoms with Gasteiger partial charge in [-0.3, -0.25) is 4.79 Å². The first-order valence-corrected chi connectivity index (χ1v) is 8.76. The first-order valence-electron chi connectivity index (χ1n) is 8.76. The molecule has 0 spiro atoms. The fraction of sp³-hybridized carbons (Fsp3) is 0.833. The quantitative estimate of drug-likeness (QED) is 0.276. The van der Waals surface area contributed by atoms with Crippen LogP contribution in [0.4, 0.5) is 0 Å². The average Bonchev–Trinajstić information content (AvgIpc) is 3.20. The van der Waals surface area contributed by atoms with E-state index in [0.29, 0.717) is 18.6 Å². The minimum atomic E-state index is -0.674. The molecule has 1 N–H and O–H groups in total. The maximum Gasteiger partial charge on any atom is 0.303 e. The van der Waals surface area contributed by atoms with Crippen molar-refractivity contribution < 1.29 is 14.6 Å². The van der Waals surface area contributed by atoms with Gasteiger partial charge in [0, 0.05) is 6.42 Å². The summed E-state index contributed by atoms with van der Waals surface area (Å²) >= 11 is 0. The van der Waals surface area contributed by atoms with E-state index in [2.05, 4.69) is 19.1 Å². The van der Waals surface area contributed by atoms with Gasteiger partial charge < -0.3 is 9.84 Å². The Morgan fingerprint density at radius 1 is 1.00 bits per heavy atom. The molecule has 0 aromatic heterocycles. The van der Waals surface area contributed by atoms with Crippen LogP contribution >= 0.6 is 0 Å². The molecule has 0 aliphatic carbocycles. The van der Waals surface area contributed by atoms with E-state index in [1.54, 1.807) is 0 Å². The molecule has 122 valence electrons. The number of carbonyl (C=O) groups is 1. The third-order valence-corrected chi connectivity index (χ3v) is 4.08. The van der Waals surface area contributed by atoms with E-state index in [4.69, 9.17) is 9.84 Å². The molecule has 0 aromatic carbocycles. The molecule has 0 amide bonds. The summed E-state index contributed by atoms with van der Waals surface area (Å²) in [5, 5.41) is 8.54. The molecule has 0 saturated carbocycles. The number of hydrogen-bond acceptors (Lipinski definition) is 2. The van der Waals surface area contributed by atoms with Gasteiger partial charge in [0.2, 0.25) is 0 Å². The minimum absolute atomic E-state index is 0.318. The maximum absolute atomic E-state index is 10.4. The van der Waals surface area contributed by atoms with Gasteiger partial charge in [-0.2, -0.15) is 0 Å². The summed E-state index contributed by atoms with van der Waals surface area (Å²) in [5.74, 6) is -0.674. The Kier molecular flexibility index (Phi) is 10.2. The second-order valence-electron chi connectivity index (χ2n) is 6.12. The van der Waals surface area contributed by atoms with Crippen molar-refractivity contribution in [1.82, 2.24) is 0 Å². The molecule has 0 bridgehead atoms. The molecule has 21 heavy (non-hydrogen) atoms. The maximum atomic E-state index is 10.4. The van der Waals surface area contributed by atoms with Gasteiger partial charge in [0.05, 0.1) is 12.2 Å². The molecule has 1 aliphatic heterocycles. The second kappa shape index (κ2) is 11.8. The SMILES string of the molecule is CCCCC/C=C/C[C@@H]1O[C@H]1CCCCCCCC(=O)O. The van der Waals surface area contributed by atoms with Gasteiger partial charge in [0.25, 0.3) is 0 Å². The van der Waals surface area contributed by atoms with Crippen LogP contribution in [0.15, 0.2) is 12.2 Å². The highest BCUT2D eigenvalue weighted by molar-refractivity contribution is 5.66. The van der Waals surface area contributed by atoms with Gasteiger partial charge in [0.15, 0.2) is 0 Å². The Hall–Kier alpha value is -0.830. The van der Waals surface area contributed by atoms with Gasteiger partial charge in [-0.15, -0.1) is 0 Å². The molecule has 0 radical (unpaired) electrons. The Bertz CT molecular complexity index is 299. The summed E-state index contributed by atoms with van der Waals surface area (Å²) < 4.78 is 5.67. The molecular weight excluding hydrogens is 264 g/mol. The van der Waals surface area contributed by atoms with Crippen molar-refractivity contribution in [3.05, 3.63) is 12.2 Å². The van der Waals surface area contributed by atoms with E-state index in [9.17, 15) is 4.79 Å². The Labute approximate surface area is 129 Å². The van der Waals surface area contributed by atoms with Crippen molar-refractivity contribution in [2.24, 2.45) is 0 Å². The molecule has 1 rings (SSSR count). The fourth-order valence-electron chi connectivity index (χ4n) is 2.65. The van der Waals surface area contributed by atoms with Gasteiger partial charge in [0.1, 0.15) is 0 Å². The zero-order chi connectivity index (χ0) is 15.3. The van der Waals surface area contributed by atoms with E-state index in [1.165, 1.54) is 44.9 Å². The van der Waals surface area contributed by atoms with Crippen LogP contribution in [-0.4, -0.2) is 23.3 Å². The predicted molar refractivity (Wildman–Crippen MR) is 86.5 cm³/mol. The highest BCUT2D eigenvalue weighted by atomic mass is 16.6. The lowest BCUT2D eigenvalue weighted by molar-refractivity contribution is -0.137.